The third kappa shape index (κ3) is 4.35. The zero-order chi connectivity index (χ0) is 17.0. The molecular weight excluding hydrogens is 324 g/mol. The van der Waals surface area contributed by atoms with Gasteiger partial charge < -0.3 is 10.6 Å². The molecule has 2 aromatic carbocycles. The van der Waals surface area contributed by atoms with E-state index < -0.39 is 9.84 Å². The molecule has 24 heavy (non-hydrogen) atoms. The van der Waals surface area contributed by atoms with Gasteiger partial charge in [-0.05, 0) is 30.2 Å². The minimum Gasteiger partial charge on any atom is -0.381 e. The molecule has 0 aliphatic carbocycles. The molecule has 126 valence electrons. The van der Waals surface area contributed by atoms with Crippen molar-refractivity contribution in [2.75, 3.05) is 16.8 Å². The second-order valence-corrected chi connectivity index (χ2v) is 8.22. The highest BCUT2D eigenvalue weighted by atomic mass is 32.2. The molecule has 1 amide bonds. The van der Waals surface area contributed by atoms with Crippen LogP contribution in [0.1, 0.15) is 22.3 Å². The number of anilines is 1. The summed E-state index contributed by atoms with van der Waals surface area (Å²) in [5, 5.41) is 6.09. The molecule has 1 aliphatic rings. The highest BCUT2D eigenvalue weighted by molar-refractivity contribution is 7.91. The number of carbonyl (C=O) groups excluding carboxylic acids is 1. The van der Waals surface area contributed by atoms with E-state index in [-0.39, 0.29) is 23.5 Å². The number of sulfone groups is 1. The van der Waals surface area contributed by atoms with Crippen molar-refractivity contribution in [2.45, 2.75) is 19.0 Å². The zero-order valence-electron chi connectivity index (χ0n) is 13.2. The maximum absolute atomic E-state index is 12.3. The van der Waals surface area contributed by atoms with Crippen molar-refractivity contribution in [3.63, 3.8) is 0 Å². The van der Waals surface area contributed by atoms with Gasteiger partial charge in [0, 0.05) is 23.8 Å². The highest BCUT2D eigenvalue weighted by Gasteiger charge is 2.29. The monoisotopic (exact) mass is 344 g/mol. The fourth-order valence-corrected chi connectivity index (χ4v) is 4.42. The zero-order valence-corrected chi connectivity index (χ0v) is 14.1. The van der Waals surface area contributed by atoms with Gasteiger partial charge in [0.2, 0.25) is 0 Å². The van der Waals surface area contributed by atoms with Gasteiger partial charge in [-0.2, -0.15) is 0 Å². The minimum absolute atomic E-state index is 0.0324. The van der Waals surface area contributed by atoms with Crippen LogP contribution in [0.2, 0.25) is 0 Å². The number of hydrogen-bond donors (Lipinski definition) is 2. The molecular formula is C18H20N2O3S. The van der Waals surface area contributed by atoms with Gasteiger partial charge in [-0.25, -0.2) is 8.42 Å². The van der Waals surface area contributed by atoms with Gasteiger partial charge in [-0.15, -0.1) is 0 Å². The highest BCUT2D eigenvalue weighted by Crippen LogP contribution is 2.15. The molecule has 0 saturated carbocycles. The molecule has 0 aromatic heterocycles. The molecule has 5 nitrogen and oxygen atoms in total. The largest absolute Gasteiger partial charge is 0.381 e. The lowest BCUT2D eigenvalue weighted by Gasteiger charge is -2.12. The lowest BCUT2D eigenvalue weighted by Crippen LogP contribution is -2.35. The first kappa shape index (κ1) is 16.5. The predicted molar refractivity (Wildman–Crippen MR) is 94.7 cm³/mol. The standard InChI is InChI=1S/C18H20N2O3S/c21-18(20-17-9-10-24(22,23)13-17)15-7-4-8-16(11-15)19-12-14-5-2-1-3-6-14/h1-8,11,17,19H,9-10,12-13H2,(H,20,21)/t17-/m1/s1. The van der Waals surface area contributed by atoms with Crippen LogP contribution in [0.5, 0.6) is 0 Å². The number of amides is 1. The summed E-state index contributed by atoms with van der Waals surface area (Å²) >= 11 is 0. The van der Waals surface area contributed by atoms with Crippen molar-refractivity contribution in [1.29, 1.82) is 0 Å². The number of nitrogens with one attached hydrogen (secondary N) is 2. The molecule has 0 bridgehead atoms. The number of carbonyl (C=O) groups is 1. The molecule has 2 aromatic rings. The first-order valence-corrected chi connectivity index (χ1v) is 9.73. The summed E-state index contributed by atoms with van der Waals surface area (Å²) < 4.78 is 22.9. The lowest BCUT2D eigenvalue weighted by molar-refractivity contribution is 0.0941. The van der Waals surface area contributed by atoms with Crippen LogP contribution in [-0.4, -0.2) is 31.9 Å². The topological polar surface area (TPSA) is 75.3 Å². The van der Waals surface area contributed by atoms with Crippen molar-refractivity contribution >= 4 is 21.4 Å². The molecule has 0 radical (unpaired) electrons. The Labute approximate surface area is 142 Å². The van der Waals surface area contributed by atoms with Gasteiger partial charge in [0.15, 0.2) is 9.84 Å². The van der Waals surface area contributed by atoms with Gasteiger partial charge >= 0.3 is 0 Å². The van der Waals surface area contributed by atoms with Crippen LogP contribution in [0.4, 0.5) is 5.69 Å². The van der Waals surface area contributed by atoms with Crippen LogP contribution in [0.25, 0.3) is 0 Å². The number of rotatable bonds is 5. The Kier molecular flexibility index (Phi) is 4.85. The predicted octanol–water partition coefficient (Wildman–Crippen LogP) is 2.22. The normalized spacial score (nSPS) is 18.9. The van der Waals surface area contributed by atoms with Crippen molar-refractivity contribution < 1.29 is 13.2 Å². The van der Waals surface area contributed by atoms with Gasteiger partial charge in [-0.1, -0.05) is 36.4 Å². The van der Waals surface area contributed by atoms with Crippen molar-refractivity contribution in [2.24, 2.45) is 0 Å². The Morgan fingerprint density at radius 1 is 1.08 bits per heavy atom. The van der Waals surface area contributed by atoms with Crippen molar-refractivity contribution in [3.05, 3.63) is 65.7 Å². The van der Waals surface area contributed by atoms with E-state index in [9.17, 15) is 13.2 Å². The quantitative estimate of drug-likeness (QED) is 0.872. The Morgan fingerprint density at radius 2 is 1.88 bits per heavy atom. The second kappa shape index (κ2) is 7.05. The van der Waals surface area contributed by atoms with E-state index in [0.717, 1.165) is 11.3 Å². The molecule has 2 N–H and O–H groups in total. The van der Waals surface area contributed by atoms with Gasteiger partial charge in [0.1, 0.15) is 0 Å². The molecule has 0 unspecified atom stereocenters. The molecule has 1 fully saturated rings. The van der Waals surface area contributed by atoms with Crippen LogP contribution < -0.4 is 10.6 Å². The Morgan fingerprint density at radius 3 is 2.58 bits per heavy atom. The average molecular weight is 344 g/mol. The maximum Gasteiger partial charge on any atom is 0.251 e. The molecule has 1 atom stereocenters. The van der Waals surface area contributed by atoms with E-state index in [1.165, 1.54) is 0 Å². The number of benzene rings is 2. The van der Waals surface area contributed by atoms with Crippen molar-refractivity contribution in [3.8, 4) is 0 Å². The fraction of sp³-hybridized carbons (Fsp3) is 0.278. The Bertz CT molecular complexity index is 819. The first-order valence-electron chi connectivity index (χ1n) is 7.91. The van der Waals surface area contributed by atoms with Crippen molar-refractivity contribution in [1.82, 2.24) is 5.32 Å². The SMILES string of the molecule is O=C(N[C@@H]1CCS(=O)(=O)C1)c1cccc(NCc2ccccc2)c1. The van der Waals surface area contributed by atoms with E-state index in [0.29, 0.717) is 18.5 Å². The molecule has 1 aliphatic heterocycles. The first-order chi connectivity index (χ1) is 11.5. The smallest absolute Gasteiger partial charge is 0.251 e. The summed E-state index contributed by atoms with van der Waals surface area (Å²) in [6.07, 6.45) is 0.486. The summed E-state index contributed by atoms with van der Waals surface area (Å²) in [5.74, 6) is -0.0538. The fourth-order valence-electron chi connectivity index (χ4n) is 2.75. The lowest BCUT2D eigenvalue weighted by atomic mass is 10.1. The summed E-state index contributed by atoms with van der Waals surface area (Å²) in [6, 6.07) is 16.9. The Balaban J connectivity index is 1.61. The molecule has 0 spiro atoms. The van der Waals surface area contributed by atoms with Gasteiger partial charge in [0.25, 0.3) is 5.91 Å². The maximum atomic E-state index is 12.3. The summed E-state index contributed by atoms with van der Waals surface area (Å²) in [5.41, 5.74) is 2.53. The third-order valence-electron chi connectivity index (χ3n) is 4.03. The van der Waals surface area contributed by atoms with E-state index >= 15 is 0 Å². The Hall–Kier alpha value is -2.34. The van der Waals surface area contributed by atoms with Gasteiger partial charge in [0.05, 0.1) is 11.5 Å². The van der Waals surface area contributed by atoms with Crippen LogP contribution in [0, 0.1) is 0 Å². The summed E-state index contributed by atoms with van der Waals surface area (Å²) in [6.45, 7) is 0.673. The van der Waals surface area contributed by atoms with Crippen LogP contribution in [0.15, 0.2) is 54.6 Å². The van der Waals surface area contributed by atoms with E-state index in [1.54, 1.807) is 12.1 Å². The second-order valence-electron chi connectivity index (χ2n) is 5.99. The van der Waals surface area contributed by atoms with E-state index in [1.807, 2.05) is 42.5 Å². The number of hydrogen-bond acceptors (Lipinski definition) is 4. The summed E-state index contributed by atoms with van der Waals surface area (Å²) in [4.78, 5) is 12.3. The van der Waals surface area contributed by atoms with Gasteiger partial charge in [-0.3, -0.25) is 4.79 Å². The molecule has 1 saturated heterocycles. The van der Waals surface area contributed by atoms with E-state index in [2.05, 4.69) is 10.6 Å². The van der Waals surface area contributed by atoms with Crippen LogP contribution in [-0.2, 0) is 16.4 Å². The third-order valence-corrected chi connectivity index (χ3v) is 5.80. The molecule has 3 rings (SSSR count). The van der Waals surface area contributed by atoms with E-state index in [4.69, 9.17) is 0 Å². The molecule has 6 heteroatoms. The minimum atomic E-state index is -3.00. The summed E-state index contributed by atoms with van der Waals surface area (Å²) in [7, 11) is -3.00. The van der Waals surface area contributed by atoms with Crippen LogP contribution >= 0.6 is 0 Å². The molecule has 1 heterocycles. The van der Waals surface area contributed by atoms with Crippen LogP contribution in [0.3, 0.4) is 0 Å². The average Bonchev–Trinajstić information content (AvgIpc) is 2.93.